The van der Waals surface area contributed by atoms with Gasteiger partial charge in [-0.3, -0.25) is 24.3 Å². The van der Waals surface area contributed by atoms with Gasteiger partial charge in [-0.2, -0.15) is 0 Å². The number of amides is 3. The maximum atomic E-state index is 12.3. The minimum atomic E-state index is -0.440. The summed E-state index contributed by atoms with van der Waals surface area (Å²) in [6, 6.07) is 18.1. The molecule has 0 fully saturated rings. The molecule has 0 atom stereocenters. The predicted molar refractivity (Wildman–Crippen MR) is 95.4 cm³/mol. The largest absolute Gasteiger partial charge is 0.349 e. The molecule has 1 aromatic heterocycles. The Hall–Kier alpha value is -3.54. The van der Waals surface area contributed by atoms with Crippen molar-refractivity contribution in [3.05, 3.63) is 77.5 Å². The highest BCUT2D eigenvalue weighted by Crippen LogP contribution is 2.21. The smallest absolute Gasteiger partial charge is 0.262 e. The lowest BCUT2D eigenvalue weighted by molar-refractivity contribution is -0.121. The van der Waals surface area contributed by atoms with Gasteiger partial charge in [-0.25, -0.2) is 0 Å². The molecule has 6 heteroatoms. The van der Waals surface area contributed by atoms with Crippen LogP contribution in [0.3, 0.4) is 0 Å². The quantitative estimate of drug-likeness (QED) is 0.735. The first-order valence-corrected chi connectivity index (χ1v) is 8.20. The zero-order chi connectivity index (χ0) is 18.1. The summed E-state index contributed by atoms with van der Waals surface area (Å²) in [6.07, 6.45) is 0. The predicted octanol–water partition coefficient (Wildman–Crippen LogP) is 2.15. The Morgan fingerprint density at radius 3 is 2.27 bits per heavy atom. The Balaban J connectivity index is 1.41. The van der Waals surface area contributed by atoms with Crippen LogP contribution in [-0.4, -0.2) is 34.2 Å². The first-order valence-electron chi connectivity index (χ1n) is 8.20. The number of pyridine rings is 1. The first kappa shape index (κ1) is 16.0. The molecule has 128 valence electrons. The number of benzene rings is 2. The highest BCUT2D eigenvalue weighted by molar-refractivity contribution is 6.22. The van der Waals surface area contributed by atoms with Crippen molar-refractivity contribution in [3.63, 3.8) is 0 Å². The maximum absolute atomic E-state index is 12.3. The molecular weight excluding hydrogens is 330 g/mol. The summed E-state index contributed by atoms with van der Waals surface area (Å²) in [4.78, 5) is 42.2. The van der Waals surface area contributed by atoms with Gasteiger partial charge in [-0.15, -0.1) is 0 Å². The summed E-state index contributed by atoms with van der Waals surface area (Å²) in [5.41, 5.74) is 2.22. The van der Waals surface area contributed by atoms with Crippen molar-refractivity contribution in [2.45, 2.75) is 6.54 Å². The van der Waals surface area contributed by atoms with Crippen LogP contribution in [0.15, 0.2) is 60.7 Å². The zero-order valence-electron chi connectivity index (χ0n) is 13.8. The highest BCUT2D eigenvalue weighted by Gasteiger charge is 2.36. The molecule has 4 rings (SSSR count). The van der Waals surface area contributed by atoms with Crippen molar-refractivity contribution in [3.8, 4) is 0 Å². The Kier molecular flexibility index (Phi) is 3.93. The van der Waals surface area contributed by atoms with Crippen molar-refractivity contribution >= 4 is 28.6 Å². The molecule has 2 aromatic carbocycles. The number of para-hydroxylation sites is 1. The number of imide groups is 1. The molecule has 0 aliphatic carbocycles. The fourth-order valence-corrected chi connectivity index (χ4v) is 2.98. The zero-order valence-corrected chi connectivity index (χ0v) is 13.8. The van der Waals surface area contributed by atoms with E-state index >= 15 is 0 Å². The van der Waals surface area contributed by atoms with E-state index in [1.54, 1.807) is 24.3 Å². The van der Waals surface area contributed by atoms with Gasteiger partial charge >= 0.3 is 0 Å². The number of fused-ring (bicyclic) bond motifs is 2. The van der Waals surface area contributed by atoms with E-state index in [-0.39, 0.29) is 13.1 Å². The third kappa shape index (κ3) is 2.82. The topological polar surface area (TPSA) is 79.4 Å². The summed E-state index contributed by atoms with van der Waals surface area (Å²) >= 11 is 0. The fourth-order valence-electron chi connectivity index (χ4n) is 2.98. The Bertz CT molecular complexity index is 1010. The summed E-state index contributed by atoms with van der Waals surface area (Å²) in [6.45, 7) is -0.0766. The van der Waals surface area contributed by atoms with Crippen molar-refractivity contribution < 1.29 is 14.4 Å². The summed E-state index contributed by atoms with van der Waals surface area (Å²) in [5.74, 6) is -1.29. The SMILES string of the molecule is O=C(CN1C(=O)c2ccccc2C1=O)NCc1ccc2ccccc2n1. The van der Waals surface area contributed by atoms with Crippen LogP contribution >= 0.6 is 0 Å². The van der Waals surface area contributed by atoms with Crippen LogP contribution in [-0.2, 0) is 11.3 Å². The van der Waals surface area contributed by atoms with E-state index < -0.39 is 17.7 Å². The van der Waals surface area contributed by atoms with E-state index in [1.165, 1.54) is 0 Å². The van der Waals surface area contributed by atoms with Crippen LogP contribution in [0, 0.1) is 0 Å². The van der Waals surface area contributed by atoms with E-state index in [0.717, 1.165) is 15.8 Å². The average molecular weight is 345 g/mol. The second-order valence-corrected chi connectivity index (χ2v) is 6.01. The van der Waals surface area contributed by atoms with Gasteiger partial charge in [0.15, 0.2) is 0 Å². The highest BCUT2D eigenvalue weighted by atomic mass is 16.2. The summed E-state index contributed by atoms with van der Waals surface area (Å²) in [5, 5.41) is 3.73. The van der Waals surface area contributed by atoms with Gasteiger partial charge in [0.2, 0.25) is 5.91 Å². The van der Waals surface area contributed by atoms with E-state index in [2.05, 4.69) is 10.3 Å². The van der Waals surface area contributed by atoms with Crippen LogP contribution in [0.25, 0.3) is 10.9 Å². The lowest BCUT2D eigenvalue weighted by Crippen LogP contribution is -2.40. The van der Waals surface area contributed by atoms with Gasteiger partial charge in [0.05, 0.1) is 28.9 Å². The standard InChI is InChI=1S/C20H15N3O3/c24-18(12-23-19(25)15-6-2-3-7-16(15)20(23)26)21-11-14-10-9-13-5-1-4-8-17(13)22-14/h1-10H,11-12H2,(H,21,24). The van der Waals surface area contributed by atoms with Crippen LogP contribution in [0.2, 0.25) is 0 Å². The number of hydrogen-bond acceptors (Lipinski definition) is 4. The van der Waals surface area contributed by atoms with E-state index in [9.17, 15) is 14.4 Å². The van der Waals surface area contributed by atoms with Crippen molar-refractivity contribution in [2.75, 3.05) is 6.54 Å². The summed E-state index contributed by atoms with van der Waals surface area (Å²) in [7, 11) is 0. The lowest BCUT2D eigenvalue weighted by Gasteiger charge is -2.13. The molecule has 3 amide bonds. The third-order valence-electron chi connectivity index (χ3n) is 4.30. The number of hydrogen-bond donors (Lipinski definition) is 1. The minimum Gasteiger partial charge on any atom is -0.349 e. The number of carbonyl (C=O) groups is 3. The van der Waals surface area contributed by atoms with Gasteiger partial charge in [0.25, 0.3) is 11.8 Å². The molecule has 2 heterocycles. The Morgan fingerprint density at radius 1 is 0.885 bits per heavy atom. The van der Waals surface area contributed by atoms with E-state index in [4.69, 9.17) is 0 Å². The molecule has 6 nitrogen and oxygen atoms in total. The van der Waals surface area contributed by atoms with Gasteiger partial charge in [0.1, 0.15) is 6.54 Å². The van der Waals surface area contributed by atoms with Crippen LogP contribution in [0.1, 0.15) is 26.4 Å². The van der Waals surface area contributed by atoms with Crippen LogP contribution in [0.4, 0.5) is 0 Å². The minimum absolute atomic E-state index is 0.229. The third-order valence-corrected chi connectivity index (χ3v) is 4.30. The Morgan fingerprint density at radius 2 is 1.54 bits per heavy atom. The number of rotatable bonds is 4. The molecule has 3 aromatic rings. The van der Waals surface area contributed by atoms with Crippen molar-refractivity contribution in [2.24, 2.45) is 0 Å². The van der Waals surface area contributed by atoms with Gasteiger partial charge in [-0.1, -0.05) is 36.4 Å². The number of nitrogens with zero attached hydrogens (tertiary/aromatic N) is 2. The number of carbonyl (C=O) groups excluding carboxylic acids is 3. The fraction of sp³-hybridized carbons (Fsp3) is 0.100. The van der Waals surface area contributed by atoms with Crippen molar-refractivity contribution in [1.82, 2.24) is 15.2 Å². The molecule has 1 aliphatic rings. The van der Waals surface area contributed by atoms with Crippen LogP contribution < -0.4 is 5.32 Å². The van der Waals surface area contributed by atoms with Gasteiger partial charge < -0.3 is 5.32 Å². The molecule has 1 N–H and O–H groups in total. The first-order chi connectivity index (χ1) is 12.6. The van der Waals surface area contributed by atoms with E-state index in [1.807, 2.05) is 36.4 Å². The molecule has 0 saturated heterocycles. The van der Waals surface area contributed by atoms with Crippen LogP contribution in [0.5, 0.6) is 0 Å². The molecule has 1 aliphatic heterocycles. The monoisotopic (exact) mass is 345 g/mol. The number of aromatic nitrogens is 1. The molecule has 0 saturated carbocycles. The summed E-state index contributed by atoms with van der Waals surface area (Å²) < 4.78 is 0. The second kappa shape index (κ2) is 6.40. The average Bonchev–Trinajstić information content (AvgIpc) is 2.91. The molecular formula is C20H15N3O3. The maximum Gasteiger partial charge on any atom is 0.262 e. The normalized spacial score (nSPS) is 13.2. The molecule has 0 spiro atoms. The molecule has 0 unspecified atom stereocenters. The Labute approximate surface area is 149 Å². The van der Waals surface area contributed by atoms with Gasteiger partial charge in [0, 0.05) is 5.39 Å². The van der Waals surface area contributed by atoms with E-state index in [0.29, 0.717) is 16.8 Å². The second-order valence-electron chi connectivity index (χ2n) is 6.01. The molecule has 0 bridgehead atoms. The van der Waals surface area contributed by atoms with Gasteiger partial charge in [-0.05, 0) is 24.3 Å². The molecule has 26 heavy (non-hydrogen) atoms. The molecule has 0 radical (unpaired) electrons. The lowest BCUT2D eigenvalue weighted by atomic mass is 10.1. The number of nitrogens with one attached hydrogen (secondary N) is 1. The van der Waals surface area contributed by atoms with Crippen molar-refractivity contribution in [1.29, 1.82) is 0 Å².